The highest BCUT2D eigenvalue weighted by molar-refractivity contribution is 5.73. The molecule has 0 saturated carbocycles. The Hall–Kier alpha value is -2.36. The van der Waals surface area contributed by atoms with Crippen molar-refractivity contribution in [1.82, 2.24) is 15.6 Å². The van der Waals surface area contributed by atoms with Crippen LogP contribution >= 0.6 is 0 Å². The number of rotatable bonds is 5. The lowest BCUT2D eigenvalue weighted by Crippen LogP contribution is -2.36. The van der Waals surface area contributed by atoms with Gasteiger partial charge in [0.25, 0.3) is 0 Å². The molecule has 1 aromatic carbocycles. The second kappa shape index (κ2) is 7.28. The van der Waals surface area contributed by atoms with Crippen LogP contribution in [0.5, 0.6) is 0 Å². The van der Waals surface area contributed by atoms with E-state index < -0.39 is 0 Å². The molecule has 1 heterocycles. The number of urea groups is 1. The van der Waals surface area contributed by atoms with Gasteiger partial charge in [-0.2, -0.15) is 0 Å². The number of nitrogens with zero attached hydrogens (tertiary/aromatic N) is 1. The van der Waals surface area contributed by atoms with Gasteiger partial charge in [-0.3, -0.25) is 4.98 Å². The molecule has 2 amide bonds. The zero-order valence-corrected chi connectivity index (χ0v) is 11.6. The molecule has 4 nitrogen and oxygen atoms in total. The van der Waals surface area contributed by atoms with Crippen molar-refractivity contribution in [2.45, 2.75) is 19.9 Å². The normalized spacial score (nSPS) is 10.1. The summed E-state index contributed by atoms with van der Waals surface area (Å²) in [6, 6.07) is 11.9. The number of carbonyl (C=O) groups is 1. The van der Waals surface area contributed by atoms with Gasteiger partial charge >= 0.3 is 6.03 Å². The van der Waals surface area contributed by atoms with E-state index in [1.54, 1.807) is 12.4 Å². The van der Waals surface area contributed by atoms with Crippen molar-refractivity contribution in [3.63, 3.8) is 0 Å². The van der Waals surface area contributed by atoms with Gasteiger partial charge in [0.2, 0.25) is 0 Å². The van der Waals surface area contributed by atoms with E-state index in [0.717, 1.165) is 12.0 Å². The molecule has 0 fully saturated rings. The Balaban J connectivity index is 1.68. The van der Waals surface area contributed by atoms with Crippen LogP contribution in [0.2, 0.25) is 0 Å². The smallest absolute Gasteiger partial charge is 0.315 e. The average Bonchev–Trinajstić information content (AvgIpc) is 2.46. The average molecular weight is 269 g/mol. The third-order valence-corrected chi connectivity index (χ3v) is 2.98. The summed E-state index contributed by atoms with van der Waals surface area (Å²) in [5.41, 5.74) is 3.51. The molecular weight excluding hydrogens is 250 g/mol. The van der Waals surface area contributed by atoms with Crippen LogP contribution < -0.4 is 10.6 Å². The van der Waals surface area contributed by atoms with Crippen molar-refractivity contribution in [3.05, 3.63) is 65.5 Å². The van der Waals surface area contributed by atoms with Gasteiger partial charge in [0, 0.05) is 25.5 Å². The topological polar surface area (TPSA) is 54.0 Å². The lowest BCUT2D eigenvalue weighted by Gasteiger charge is -2.08. The Morgan fingerprint density at radius 2 is 1.90 bits per heavy atom. The molecule has 0 bridgehead atoms. The summed E-state index contributed by atoms with van der Waals surface area (Å²) in [6.45, 7) is 3.21. The second-order valence-corrected chi connectivity index (χ2v) is 4.70. The van der Waals surface area contributed by atoms with E-state index in [1.807, 2.05) is 18.2 Å². The quantitative estimate of drug-likeness (QED) is 0.876. The van der Waals surface area contributed by atoms with Gasteiger partial charge in [-0.25, -0.2) is 4.79 Å². The Morgan fingerprint density at radius 1 is 1.10 bits per heavy atom. The van der Waals surface area contributed by atoms with Crippen LogP contribution in [-0.2, 0) is 13.0 Å². The molecule has 0 atom stereocenters. The van der Waals surface area contributed by atoms with Crippen LogP contribution in [0.4, 0.5) is 4.79 Å². The summed E-state index contributed by atoms with van der Waals surface area (Å²) in [5.74, 6) is 0. The predicted molar refractivity (Wildman–Crippen MR) is 79.4 cm³/mol. The molecule has 0 aliphatic carbocycles. The minimum atomic E-state index is -0.144. The number of aryl methyl sites for hydroxylation is 1. The summed E-state index contributed by atoms with van der Waals surface area (Å²) in [5, 5.41) is 5.67. The predicted octanol–water partition coefficient (Wildman–Crippen LogP) is 2.43. The third kappa shape index (κ3) is 4.72. The fourth-order valence-corrected chi connectivity index (χ4v) is 1.93. The standard InChI is InChI=1S/C16H19N3O/c1-13-3-2-4-14(11-13)7-10-18-16(20)19-12-15-5-8-17-9-6-15/h2-6,8-9,11H,7,10,12H2,1H3,(H2,18,19,20). The zero-order valence-electron chi connectivity index (χ0n) is 11.6. The number of pyridine rings is 1. The van der Waals surface area contributed by atoms with Gasteiger partial charge < -0.3 is 10.6 Å². The van der Waals surface area contributed by atoms with E-state index >= 15 is 0 Å². The van der Waals surface area contributed by atoms with E-state index in [9.17, 15) is 4.79 Å². The van der Waals surface area contributed by atoms with Crippen molar-refractivity contribution in [3.8, 4) is 0 Å². The molecule has 2 aromatic rings. The van der Waals surface area contributed by atoms with Crippen LogP contribution in [0.1, 0.15) is 16.7 Å². The molecular formula is C16H19N3O. The van der Waals surface area contributed by atoms with Crippen LogP contribution in [0, 0.1) is 6.92 Å². The summed E-state index contributed by atoms with van der Waals surface area (Å²) < 4.78 is 0. The minimum absolute atomic E-state index is 0.144. The van der Waals surface area contributed by atoms with Crippen molar-refractivity contribution in [2.75, 3.05) is 6.54 Å². The summed E-state index contributed by atoms with van der Waals surface area (Å²) in [6.07, 6.45) is 4.27. The monoisotopic (exact) mass is 269 g/mol. The van der Waals surface area contributed by atoms with E-state index in [0.29, 0.717) is 13.1 Å². The van der Waals surface area contributed by atoms with Crippen molar-refractivity contribution in [2.24, 2.45) is 0 Å². The maximum atomic E-state index is 11.6. The maximum absolute atomic E-state index is 11.6. The highest BCUT2D eigenvalue weighted by atomic mass is 16.2. The third-order valence-electron chi connectivity index (χ3n) is 2.98. The summed E-state index contributed by atoms with van der Waals surface area (Å²) in [7, 11) is 0. The number of amides is 2. The Kier molecular flexibility index (Phi) is 5.12. The molecule has 4 heteroatoms. The number of aromatic nitrogens is 1. The SMILES string of the molecule is Cc1cccc(CCNC(=O)NCc2ccncc2)c1. The van der Waals surface area contributed by atoms with Gasteiger partial charge in [0.05, 0.1) is 0 Å². The van der Waals surface area contributed by atoms with Gasteiger partial charge in [-0.15, -0.1) is 0 Å². The number of hydrogen-bond donors (Lipinski definition) is 2. The first-order valence-corrected chi connectivity index (χ1v) is 6.70. The molecule has 2 rings (SSSR count). The fourth-order valence-electron chi connectivity index (χ4n) is 1.93. The molecule has 0 saturated heterocycles. The van der Waals surface area contributed by atoms with Gasteiger partial charge in [-0.1, -0.05) is 29.8 Å². The zero-order chi connectivity index (χ0) is 14.2. The van der Waals surface area contributed by atoms with Crippen LogP contribution in [-0.4, -0.2) is 17.6 Å². The molecule has 0 radical (unpaired) electrons. The molecule has 20 heavy (non-hydrogen) atoms. The highest BCUT2D eigenvalue weighted by Crippen LogP contribution is 2.03. The summed E-state index contributed by atoms with van der Waals surface area (Å²) in [4.78, 5) is 15.6. The second-order valence-electron chi connectivity index (χ2n) is 4.70. The maximum Gasteiger partial charge on any atom is 0.315 e. The van der Waals surface area contributed by atoms with Crippen molar-refractivity contribution >= 4 is 6.03 Å². The van der Waals surface area contributed by atoms with Crippen molar-refractivity contribution < 1.29 is 4.79 Å². The number of carbonyl (C=O) groups excluding carboxylic acids is 1. The molecule has 104 valence electrons. The minimum Gasteiger partial charge on any atom is -0.338 e. The van der Waals surface area contributed by atoms with E-state index in [4.69, 9.17) is 0 Å². The van der Waals surface area contributed by atoms with Crippen LogP contribution in [0.15, 0.2) is 48.8 Å². The highest BCUT2D eigenvalue weighted by Gasteiger charge is 2.00. The first kappa shape index (κ1) is 14.1. The van der Waals surface area contributed by atoms with E-state index in [2.05, 4.69) is 40.7 Å². The molecule has 1 aromatic heterocycles. The number of nitrogens with one attached hydrogen (secondary N) is 2. The molecule has 0 aliphatic rings. The first-order valence-electron chi connectivity index (χ1n) is 6.70. The van der Waals surface area contributed by atoms with E-state index in [-0.39, 0.29) is 6.03 Å². The summed E-state index contributed by atoms with van der Waals surface area (Å²) >= 11 is 0. The molecule has 0 spiro atoms. The largest absolute Gasteiger partial charge is 0.338 e. The van der Waals surface area contributed by atoms with Gasteiger partial charge in [0.15, 0.2) is 0 Å². The molecule has 2 N–H and O–H groups in total. The van der Waals surface area contributed by atoms with Crippen LogP contribution in [0.3, 0.4) is 0 Å². The molecule has 0 aliphatic heterocycles. The van der Waals surface area contributed by atoms with E-state index in [1.165, 1.54) is 11.1 Å². The fraction of sp³-hybridized carbons (Fsp3) is 0.250. The van der Waals surface area contributed by atoms with Gasteiger partial charge in [0.1, 0.15) is 0 Å². The first-order chi connectivity index (χ1) is 9.74. The van der Waals surface area contributed by atoms with Crippen LogP contribution in [0.25, 0.3) is 0 Å². The number of hydrogen-bond acceptors (Lipinski definition) is 2. The lowest BCUT2D eigenvalue weighted by molar-refractivity contribution is 0.240. The lowest BCUT2D eigenvalue weighted by atomic mass is 10.1. The van der Waals surface area contributed by atoms with Crippen molar-refractivity contribution in [1.29, 1.82) is 0 Å². The number of benzene rings is 1. The Morgan fingerprint density at radius 3 is 2.65 bits per heavy atom. The Labute approximate surface area is 119 Å². The van der Waals surface area contributed by atoms with Gasteiger partial charge in [-0.05, 0) is 36.6 Å². The Bertz CT molecular complexity index is 555. The molecule has 0 unspecified atom stereocenters.